The summed E-state index contributed by atoms with van der Waals surface area (Å²) in [4.78, 5) is 28.0. The molecule has 2 unspecified atom stereocenters. The lowest BCUT2D eigenvalue weighted by atomic mass is 9.90. The summed E-state index contributed by atoms with van der Waals surface area (Å²) in [5.74, 6) is 0.541. The summed E-state index contributed by atoms with van der Waals surface area (Å²) in [5, 5.41) is 3.26. The van der Waals surface area contributed by atoms with Crippen LogP contribution < -0.4 is 16.0 Å². The normalized spacial score (nSPS) is 17.5. The smallest absolute Gasteiger partial charge is 0.237 e. The van der Waals surface area contributed by atoms with Gasteiger partial charge in [-0.25, -0.2) is 0 Å². The molecule has 0 bridgehead atoms. The van der Waals surface area contributed by atoms with Gasteiger partial charge in [0.1, 0.15) is 0 Å². The van der Waals surface area contributed by atoms with Gasteiger partial charge in [0.2, 0.25) is 11.8 Å². The molecule has 1 aliphatic carbocycles. The largest absolute Gasteiger partial charge is 0.348 e. The van der Waals surface area contributed by atoms with E-state index >= 15 is 0 Å². The standard InChI is InChI=1S/C34H41N3O2/c1-5-33(38)37-13-12-31(36-34(39)30(35)20-28-22(3)14-21(2)15-23(28)4)29-19-24(10-11-32(29)37)16-25-17-26-8-6-7-9-27(26)18-25/h6-11,14-15,19,25,30-31H,5,12-13,16-18,20,35H2,1-4H3,(H,36,39). The third kappa shape index (κ3) is 5.79. The van der Waals surface area contributed by atoms with Crippen molar-refractivity contribution in [1.82, 2.24) is 5.32 Å². The molecule has 0 saturated carbocycles. The Morgan fingerprint density at radius 3 is 2.31 bits per heavy atom. The molecule has 0 radical (unpaired) electrons. The highest BCUT2D eigenvalue weighted by molar-refractivity contribution is 5.95. The van der Waals surface area contributed by atoms with Crippen LogP contribution in [0, 0.1) is 26.7 Å². The molecule has 0 spiro atoms. The van der Waals surface area contributed by atoms with E-state index in [-0.39, 0.29) is 17.9 Å². The van der Waals surface area contributed by atoms with Gasteiger partial charge in [-0.3, -0.25) is 9.59 Å². The Balaban J connectivity index is 1.35. The van der Waals surface area contributed by atoms with E-state index in [1.54, 1.807) is 0 Å². The Morgan fingerprint density at radius 1 is 1.00 bits per heavy atom. The number of hydrogen-bond donors (Lipinski definition) is 2. The van der Waals surface area contributed by atoms with Crippen LogP contribution in [0.2, 0.25) is 0 Å². The molecule has 1 heterocycles. The first-order chi connectivity index (χ1) is 18.7. The molecule has 39 heavy (non-hydrogen) atoms. The molecule has 5 rings (SSSR count). The minimum Gasteiger partial charge on any atom is -0.348 e. The molecule has 2 aliphatic rings. The topological polar surface area (TPSA) is 75.4 Å². The first-order valence-electron chi connectivity index (χ1n) is 14.4. The number of carbonyl (C=O) groups is 2. The lowest BCUT2D eigenvalue weighted by molar-refractivity contribution is -0.123. The Morgan fingerprint density at radius 2 is 1.67 bits per heavy atom. The Bertz CT molecular complexity index is 1350. The summed E-state index contributed by atoms with van der Waals surface area (Å²) >= 11 is 0. The van der Waals surface area contributed by atoms with Gasteiger partial charge in [0.15, 0.2) is 0 Å². The molecule has 5 nitrogen and oxygen atoms in total. The van der Waals surface area contributed by atoms with Crippen molar-refractivity contribution < 1.29 is 9.59 Å². The van der Waals surface area contributed by atoms with Crippen LogP contribution in [0.4, 0.5) is 5.69 Å². The fraction of sp³-hybridized carbons (Fsp3) is 0.412. The number of benzene rings is 3. The summed E-state index contributed by atoms with van der Waals surface area (Å²) in [5.41, 5.74) is 17.3. The van der Waals surface area contributed by atoms with Crippen LogP contribution >= 0.6 is 0 Å². The van der Waals surface area contributed by atoms with Gasteiger partial charge in [-0.2, -0.15) is 0 Å². The van der Waals surface area contributed by atoms with E-state index in [4.69, 9.17) is 5.73 Å². The maximum Gasteiger partial charge on any atom is 0.237 e. The molecule has 0 fully saturated rings. The van der Waals surface area contributed by atoms with Crippen molar-refractivity contribution in [2.75, 3.05) is 11.4 Å². The van der Waals surface area contributed by atoms with Crippen molar-refractivity contribution >= 4 is 17.5 Å². The molecule has 5 heteroatoms. The minimum absolute atomic E-state index is 0.113. The number of amides is 2. The number of hydrogen-bond acceptors (Lipinski definition) is 3. The molecular weight excluding hydrogens is 482 g/mol. The summed E-state index contributed by atoms with van der Waals surface area (Å²) < 4.78 is 0. The van der Waals surface area contributed by atoms with Gasteiger partial charge < -0.3 is 16.0 Å². The van der Waals surface area contributed by atoms with Gasteiger partial charge in [0.25, 0.3) is 0 Å². The second kappa shape index (κ2) is 11.4. The predicted octanol–water partition coefficient (Wildman–Crippen LogP) is 5.44. The van der Waals surface area contributed by atoms with Crippen molar-refractivity contribution in [2.45, 2.75) is 78.3 Å². The zero-order chi connectivity index (χ0) is 27.7. The van der Waals surface area contributed by atoms with Crippen molar-refractivity contribution in [2.24, 2.45) is 11.7 Å². The van der Waals surface area contributed by atoms with E-state index in [9.17, 15) is 9.59 Å². The summed E-state index contributed by atoms with van der Waals surface area (Å²) in [6.45, 7) is 8.74. The van der Waals surface area contributed by atoms with Gasteiger partial charge in [-0.05, 0) is 104 Å². The maximum absolute atomic E-state index is 13.4. The van der Waals surface area contributed by atoms with Crippen molar-refractivity contribution in [3.63, 3.8) is 0 Å². The fourth-order valence-electron chi connectivity index (χ4n) is 6.64. The van der Waals surface area contributed by atoms with Crippen LogP contribution in [-0.2, 0) is 35.3 Å². The molecule has 3 aromatic carbocycles. The number of nitrogens with zero attached hydrogens (tertiary/aromatic N) is 1. The first kappa shape index (κ1) is 27.1. The van der Waals surface area contributed by atoms with Crippen LogP contribution in [-0.4, -0.2) is 24.4 Å². The second-order valence-corrected chi connectivity index (χ2v) is 11.6. The van der Waals surface area contributed by atoms with E-state index in [0.29, 0.717) is 31.7 Å². The Hall–Kier alpha value is -3.44. The van der Waals surface area contributed by atoms with Crippen molar-refractivity contribution in [3.05, 3.63) is 99.1 Å². The minimum atomic E-state index is -0.635. The van der Waals surface area contributed by atoms with Gasteiger partial charge in [0, 0.05) is 18.7 Å². The van der Waals surface area contributed by atoms with E-state index in [2.05, 4.69) is 80.7 Å². The zero-order valence-corrected chi connectivity index (χ0v) is 23.7. The molecule has 3 aromatic rings. The lowest BCUT2D eigenvalue weighted by Crippen LogP contribution is -2.46. The number of nitrogens with two attached hydrogens (primary N) is 1. The van der Waals surface area contributed by atoms with Gasteiger partial charge in [0.05, 0.1) is 12.1 Å². The first-order valence-corrected chi connectivity index (χ1v) is 14.4. The number of carbonyl (C=O) groups excluding carboxylic acids is 2. The van der Waals surface area contributed by atoms with Crippen LogP contribution in [0.15, 0.2) is 54.6 Å². The average Bonchev–Trinajstić information content (AvgIpc) is 3.32. The fourth-order valence-corrected chi connectivity index (χ4v) is 6.64. The summed E-state index contributed by atoms with van der Waals surface area (Å²) in [6, 6.07) is 18.7. The Labute approximate surface area is 232 Å². The predicted molar refractivity (Wildman–Crippen MR) is 158 cm³/mol. The van der Waals surface area contributed by atoms with Gasteiger partial charge >= 0.3 is 0 Å². The molecule has 1 aliphatic heterocycles. The number of anilines is 1. The maximum atomic E-state index is 13.4. The van der Waals surface area contributed by atoms with Crippen LogP contribution in [0.25, 0.3) is 0 Å². The van der Waals surface area contributed by atoms with E-state index in [1.807, 2.05) is 11.8 Å². The van der Waals surface area contributed by atoms with E-state index in [0.717, 1.165) is 36.1 Å². The quantitative estimate of drug-likeness (QED) is 0.433. The lowest BCUT2D eigenvalue weighted by Gasteiger charge is -2.35. The van der Waals surface area contributed by atoms with Gasteiger partial charge in [-0.1, -0.05) is 61.0 Å². The third-order valence-corrected chi connectivity index (χ3v) is 8.58. The van der Waals surface area contributed by atoms with Crippen molar-refractivity contribution in [1.29, 1.82) is 0 Å². The highest BCUT2D eigenvalue weighted by Crippen LogP contribution is 2.37. The molecule has 3 N–H and O–H groups in total. The van der Waals surface area contributed by atoms with E-state index in [1.165, 1.54) is 33.4 Å². The van der Waals surface area contributed by atoms with E-state index < -0.39 is 6.04 Å². The summed E-state index contributed by atoms with van der Waals surface area (Å²) in [7, 11) is 0. The average molecular weight is 524 g/mol. The van der Waals surface area contributed by atoms with Crippen LogP contribution in [0.1, 0.15) is 70.3 Å². The number of fused-ring (bicyclic) bond motifs is 2. The molecule has 204 valence electrons. The molecular formula is C34H41N3O2. The SMILES string of the molecule is CCC(=O)N1CCC(NC(=O)C(N)Cc2c(C)cc(C)cc2C)c2cc(CC3Cc4ccccc4C3)ccc21. The van der Waals surface area contributed by atoms with Crippen LogP contribution in [0.3, 0.4) is 0 Å². The molecule has 2 atom stereocenters. The monoisotopic (exact) mass is 523 g/mol. The van der Waals surface area contributed by atoms with Crippen molar-refractivity contribution in [3.8, 4) is 0 Å². The number of nitrogens with one attached hydrogen (secondary N) is 1. The third-order valence-electron chi connectivity index (χ3n) is 8.58. The molecule has 0 aromatic heterocycles. The zero-order valence-electron chi connectivity index (χ0n) is 23.7. The van der Waals surface area contributed by atoms with Crippen LogP contribution in [0.5, 0.6) is 0 Å². The molecule has 0 saturated heterocycles. The Kier molecular flexibility index (Phi) is 7.90. The van der Waals surface area contributed by atoms with Gasteiger partial charge in [-0.15, -0.1) is 0 Å². The highest BCUT2D eigenvalue weighted by atomic mass is 16.2. The number of rotatable bonds is 7. The highest BCUT2D eigenvalue weighted by Gasteiger charge is 2.31. The molecule has 2 amide bonds. The number of aryl methyl sites for hydroxylation is 3. The second-order valence-electron chi connectivity index (χ2n) is 11.6. The summed E-state index contributed by atoms with van der Waals surface area (Å²) in [6.07, 6.45) is 4.82.